The number of allylic oxidation sites excluding steroid dienone is 1. The average molecular weight is 798 g/mol. The van der Waals surface area contributed by atoms with E-state index in [9.17, 15) is 0 Å². The molecule has 0 N–H and O–H groups in total. The Hall–Kier alpha value is -7.46. The maximum Gasteiger partial charge on any atom is 0.143 e. The molecule has 1 aliphatic rings. The highest BCUT2D eigenvalue weighted by atomic mass is 32.1. The van der Waals surface area contributed by atoms with Crippen molar-refractivity contribution in [3.63, 3.8) is 0 Å². The van der Waals surface area contributed by atoms with Crippen LogP contribution in [-0.2, 0) is 6.42 Å². The van der Waals surface area contributed by atoms with Crippen molar-refractivity contribution in [1.29, 1.82) is 0 Å². The van der Waals surface area contributed by atoms with Crippen molar-refractivity contribution < 1.29 is 4.42 Å². The first-order valence-corrected chi connectivity index (χ1v) is 21.8. The molecule has 2 nitrogen and oxygen atoms in total. The number of thiophene rings is 1. The molecule has 2 aromatic heterocycles. The minimum Gasteiger partial charge on any atom is -0.455 e. The van der Waals surface area contributed by atoms with Crippen LogP contribution in [0.3, 0.4) is 0 Å². The van der Waals surface area contributed by atoms with E-state index in [2.05, 4.69) is 217 Å². The van der Waals surface area contributed by atoms with Gasteiger partial charge in [-0.1, -0.05) is 170 Å². The Morgan fingerprint density at radius 1 is 0.475 bits per heavy atom. The lowest BCUT2D eigenvalue weighted by molar-refractivity contribution is 0.670. The number of nitrogens with zero attached hydrogens (tertiary/aromatic N) is 1. The molecule has 0 spiro atoms. The second-order valence-corrected chi connectivity index (χ2v) is 17.1. The largest absolute Gasteiger partial charge is 0.455 e. The van der Waals surface area contributed by atoms with Crippen molar-refractivity contribution in [1.82, 2.24) is 0 Å². The van der Waals surface area contributed by atoms with Crippen molar-refractivity contribution in [2.45, 2.75) is 12.3 Å². The molecule has 0 saturated heterocycles. The summed E-state index contributed by atoms with van der Waals surface area (Å²) >= 11 is 1.87. The van der Waals surface area contributed by atoms with E-state index in [1.54, 1.807) is 0 Å². The van der Waals surface area contributed by atoms with Gasteiger partial charge in [0.05, 0.1) is 10.4 Å². The molecule has 0 aliphatic heterocycles. The molecular formula is C58H39NOS. The van der Waals surface area contributed by atoms with Crippen molar-refractivity contribution in [3.8, 4) is 33.4 Å². The zero-order chi connectivity index (χ0) is 40.3. The number of hydrogen-bond acceptors (Lipinski definition) is 3. The molecule has 0 amide bonds. The minimum absolute atomic E-state index is 0.241. The number of fused-ring (bicyclic) bond motifs is 7. The van der Waals surface area contributed by atoms with Gasteiger partial charge in [0, 0.05) is 49.1 Å². The fourth-order valence-electron chi connectivity index (χ4n) is 9.43. The Balaban J connectivity index is 0.931. The Bertz CT molecular complexity index is 3450. The lowest BCUT2D eigenvalue weighted by atomic mass is 9.82. The normalized spacial score (nSPS) is 13.6. The zero-order valence-electron chi connectivity index (χ0n) is 33.3. The molecule has 0 fully saturated rings. The number of benzene rings is 9. The Morgan fingerprint density at radius 3 is 2.02 bits per heavy atom. The second-order valence-electron chi connectivity index (χ2n) is 16.0. The minimum atomic E-state index is 0.241. The molecule has 9 aromatic carbocycles. The monoisotopic (exact) mass is 797 g/mol. The molecule has 61 heavy (non-hydrogen) atoms. The lowest BCUT2D eigenvalue weighted by Crippen LogP contribution is -2.12. The smallest absolute Gasteiger partial charge is 0.143 e. The Labute approximate surface area is 358 Å². The molecule has 11 aromatic rings. The van der Waals surface area contributed by atoms with Crippen LogP contribution in [-0.4, -0.2) is 0 Å². The van der Waals surface area contributed by atoms with Crippen LogP contribution in [0.1, 0.15) is 22.6 Å². The van der Waals surface area contributed by atoms with Crippen molar-refractivity contribution in [3.05, 3.63) is 229 Å². The fourth-order valence-corrected chi connectivity index (χ4v) is 10.6. The van der Waals surface area contributed by atoms with Crippen molar-refractivity contribution >= 4 is 76.6 Å². The fraction of sp³-hybridized carbons (Fsp3) is 0.0345. The number of furan rings is 1. The first kappa shape index (κ1) is 35.5. The second kappa shape index (κ2) is 14.7. The van der Waals surface area contributed by atoms with Gasteiger partial charge < -0.3 is 9.32 Å². The maximum absolute atomic E-state index is 6.54. The number of anilines is 3. The van der Waals surface area contributed by atoms with Gasteiger partial charge in [0.2, 0.25) is 0 Å². The highest BCUT2D eigenvalue weighted by Crippen LogP contribution is 2.47. The topological polar surface area (TPSA) is 16.4 Å². The molecule has 0 bridgehead atoms. The van der Waals surface area contributed by atoms with Gasteiger partial charge in [0.25, 0.3) is 0 Å². The summed E-state index contributed by atoms with van der Waals surface area (Å²) in [7, 11) is 0. The van der Waals surface area contributed by atoms with E-state index in [-0.39, 0.29) is 5.92 Å². The summed E-state index contributed by atoms with van der Waals surface area (Å²) in [4.78, 5) is 2.44. The third-order valence-corrected chi connectivity index (χ3v) is 13.7. The van der Waals surface area contributed by atoms with E-state index in [4.69, 9.17) is 4.42 Å². The number of rotatable bonds is 7. The van der Waals surface area contributed by atoms with E-state index >= 15 is 0 Å². The van der Waals surface area contributed by atoms with Gasteiger partial charge in [-0.15, -0.1) is 11.3 Å². The van der Waals surface area contributed by atoms with E-state index in [0.717, 1.165) is 45.3 Å². The van der Waals surface area contributed by atoms with Gasteiger partial charge in [-0.05, 0) is 99.5 Å². The highest BCUT2D eigenvalue weighted by Gasteiger charge is 2.23. The first-order chi connectivity index (χ1) is 30.2. The standard InChI is InChI=1S/C58H39NOS/c1-3-13-38(14-4-1)39-27-31-45(32-28-39)59(54-22-12-21-52-49-18-8-10-24-56(49)61-58(52)54)46-33-29-42-35-41(25-26-43(42)36-46)44-30-34-47(53(37-44)40-15-5-2-6-16-40)50-19-11-20-51-48-17-7-9-23-55(48)60-57(50)51/h1-34,36-37,41H,35H2. The molecule has 1 unspecified atom stereocenters. The van der Waals surface area contributed by atoms with Gasteiger partial charge in [-0.3, -0.25) is 0 Å². The molecule has 1 atom stereocenters. The van der Waals surface area contributed by atoms with Crippen LogP contribution in [0.15, 0.2) is 217 Å². The molecule has 288 valence electrons. The van der Waals surface area contributed by atoms with Gasteiger partial charge >= 0.3 is 0 Å². The summed E-state index contributed by atoms with van der Waals surface area (Å²) in [5.74, 6) is 0.241. The number of para-hydroxylation sites is 2. The third kappa shape index (κ3) is 6.17. The summed E-state index contributed by atoms with van der Waals surface area (Å²) in [5.41, 5.74) is 16.4. The van der Waals surface area contributed by atoms with Gasteiger partial charge in [-0.2, -0.15) is 0 Å². The molecular weight excluding hydrogens is 759 g/mol. The first-order valence-electron chi connectivity index (χ1n) is 21.0. The van der Waals surface area contributed by atoms with Crippen LogP contribution in [0.5, 0.6) is 0 Å². The molecule has 3 heteroatoms. The Morgan fingerprint density at radius 2 is 1.16 bits per heavy atom. The average Bonchev–Trinajstić information content (AvgIpc) is 3.91. The van der Waals surface area contributed by atoms with E-state index in [0.29, 0.717) is 0 Å². The SMILES string of the molecule is C1=CC(c2ccc(-c3cccc4c3oc3ccccc34)c(-c3ccccc3)c2)Cc2ccc(N(c3ccc(-c4ccccc4)cc3)c3cccc4c3sc3ccccc34)cc21. The quantitative estimate of drug-likeness (QED) is 0.160. The molecule has 1 aliphatic carbocycles. The van der Waals surface area contributed by atoms with E-state index in [1.807, 2.05) is 17.4 Å². The summed E-state index contributed by atoms with van der Waals surface area (Å²) < 4.78 is 9.14. The predicted molar refractivity (Wildman–Crippen MR) is 260 cm³/mol. The molecule has 0 radical (unpaired) electrons. The van der Waals surface area contributed by atoms with Gasteiger partial charge in [0.1, 0.15) is 11.2 Å². The summed E-state index contributed by atoms with van der Waals surface area (Å²) in [6.07, 6.45) is 5.67. The van der Waals surface area contributed by atoms with E-state index < -0.39 is 0 Å². The van der Waals surface area contributed by atoms with Gasteiger partial charge in [0.15, 0.2) is 0 Å². The van der Waals surface area contributed by atoms with E-state index in [1.165, 1.54) is 70.4 Å². The van der Waals surface area contributed by atoms with Crippen LogP contribution >= 0.6 is 11.3 Å². The molecule has 12 rings (SSSR count). The molecule has 0 saturated carbocycles. The predicted octanol–water partition coefficient (Wildman–Crippen LogP) is 16.8. The Kier molecular flexibility index (Phi) is 8.53. The lowest BCUT2D eigenvalue weighted by Gasteiger charge is -2.28. The van der Waals surface area contributed by atoms with Crippen molar-refractivity contribution in [2.24, 2.45) is 0 Å². The number of hydrogen-bond donors (Lipinski definition) is 0. The third-order valence-electron chi connectivity index (χ3n) is 12.4. The van der Waals surface area contributed by atoms with Crippen LogP contribution in [0.25, 0.3) is 81.6 Å². The summed E-state index contributed by atoms with van der Waals surface area (Å²) in [6.45, 7) is 0. The van der Waals surface area contributed by atoms with Crippen molar-refractivity contribution in [2.75, 3.05) is 4.90 Å². The van der Waals surface area contributed by atoms with Crippen LogP contribution < -0.4 is 4.90 Å². The maximum atomic E-state index is 6.54. The van der Waals surface area contributed by atoms with Crippen LogP contribution in [0.4, 0.5) is 17.1 Å². The van der Waals surface area contributed by atoms with Crippen LogP contribution in [0.2, 0.25) is 0 Å². The van der Waals surface area contributed by atoms with Crippen LogP contribution in [0, 0.1) is 0 Å². The summed E-state index contributed by atoms with van der Waals surface area (Å²) in [6, 6.07) is 74.9. The van der Waals surface area contributed by atoms with Gasteiger partial charge in [-0.25, -0.2) is 0 Å². The zero-order valence-corrected chi connectivity index (χ0v) is 34.1. The summed E-state index contributed by atoms with van der Waals surface area (Å²) in [5, 5.41) is 4.89. The highest BCUT2D eigenvalue weighted by molar-refractivity contribution is 7.26. The molecule has 2 heterocycles.